The number of carbonyl (C=O) groups is 3. The molecule has 2 amide bonds. The summed E-state index contributed by atoms with van der Waals surface area (Å²) in [5.41, 5.74) is 4.52. The molecule has 0 fully saturated rings. The number of aliphatic carboxylic acids is 1. The van der Waals surface area contributed by atoms with E-state index in [-0.39, 0.29) is 25.6 Å². The lowest BCUT2D eigenvalue weighted by atomic mass is 9.98. The van der Waals surface area contributed by atoms with Crippen LogP contribution in [-0.4, -0.2) is 55.5 Å². The first-order valence-corrected chi connectivity index (χ1v) is 10.6. The third kappa shape index (κ3) is 5.45. The summed E-state index contributed by atoms with van der Waals surface area (Å²) in [6, 6.07) is 14.5. The van der Waals surface area contributed by atoms with Crippen LogP contribution in [0.25, 0.3) is 11.1 Å². The minimum Gasteiger partial charge on any atom is -0.480 e. The molecule has 0 saturated carbocycles. The van der Waals surface area contributed by atoms with Gasteiger partial charge in [-0.2, -0.15) is 0 Å². The molecule has 170 valence electrons. The molecule has 0 heterocycles. The van der Waals surface area contributed by atoms with Gasteiger partial charge in [-0.1, -0.05) is 55.5 Å². The van der Waals surface area contributed by atoms with E-state index in [0.717, 1.165) is 22.3 Å². The summed E-state index contributed by atoms with van der Waals surface area (Å²) in [5.74, 6) is -1.72. The zero-order valence-corrected chi connectivity index (χ0v) is 18.2. The minimum absolute atomic E-state index is 0.0538. The summed E-state index contributed by atoms with van der Waals surface area (Å²) in [7, 11) is 1.36. The topological polar surface area (TPSA) is 114 Å². The number of rotatable bonds is 10. The van der Waals surface area contributed by atoms with Crippen molar-refractivity contribution in [1.29, 1.82) is 0 Å². The molecule has 32 heavy (non-hydrogen) atoms. The predicted octanol–water partition coefficient (Wildman–Crippen LogP) is 2.91. The van der Waals surface area contributed by atoms with Crippen molar-refractivity contribution in [3.63, 3.8) is 0 Å². The van der Waals surface area contributed by atoms with Gasteiger partial charge in [-0.15, -0.1) is 0 Å². The Labute approximate surface area is 186 Å². The van der Waals surface area contributed by atoms with Crippen LogP contribution in [0.15, 0.2) is 48.5 Å². The van der Waals surface area contributed by atoms with Crippen molar-refractivity contribution in [1.82, 2.24) is 10.6 Å². The van der Waals surface area contributed by atoms with Crippen molar-refractivity contribution in [2.75, 3.05) is 20.3 Å². The maximum absolute atomic E-state index is 12.4. The van der Waals surface area contributed by atoms with E-state index in [1.165, 1.54) is 7.11 Å². The molecule has 0 aromatic heterocycles. The lowest BCUT2D eigenvalue weighted by Gasteiger charge is -2.20. The van der Waals surface area contributed by atoms with Gasteiger partial charge in [-0.3, -0.25) is 4.79 Å². The number of amides is 2. The Morgan fingerprint density at radius 3 is 2.12 bits per heavy atom. The van der Waals surface area contributed by atoms with Crippen LogP contribution < -0.4 is 10.6 Å². The first kappa shape index (κ1) is 23.3. The number of hydrogen-bond donors (Lipinski definition) is 3. The quantitative estimate of drug-likeness (QED) is 0.524. The lowest BCUT2D eigenvalue weighted by Crippen LogP contribution is -2.46. The predicted molar refractivity (Wildman–Crippen MR) is 118 cm³/mol. The third-order valence-electron chi connectivity index (χ3n) is 5.56. The number of benzene rings is 2. The van der Waals surface area contributed by atoms with E-state index in [1.807, 2.05) is 43.3 Å². The molecule has 1 aliphatic carbocycles. The minimum atomic E-state index is -1.18. The molecule has 8 heteroatoms. The molecule has 3 N–H and O–H groups in total. The van der Waals surface area contributed by atoms with Crippen LogP contribution in [0, 0.1) is 0 Å². The van der Waals surface area contributed by atoms with Crippen molar-refractivity contribution >= 4 is 18.0 Å². The standard InChI is InChI=1S/C24H28N2O6/c1-3-15(12-22(27)26-21(14-31-2)23(28)29)25-24(30)32-13-20-18-10-6-4-8-16(18)17-9-5-7-11-19(17)20/h4-11,15,20-21H,3,12-14H2,1-2H3,(H,25,30)(H,26,27)(H,28,29)/t15-,21-/m0/s1. The molecule has 2 aromatic rings. The third-order valence-corrected chi connectivity index (χ3v) is 5.56. The van der Waals surface area contributed by atoms with Crippen LogP contribution in [0.3, 0.4) is 0 Å². The van der Waals surface area contributed by atoms with E-state index in [9.17, 15) is 14.4 Å². The van der Waals surface area contributed by atoms with Gasteiger partial charge >= 0.3 is 12.1 Å². The number of hydrogen-bond acceptors (Lipinski definition) is 5. The van der Waals surface area contributed by atoms with Gasteiger partial charge < -0.3 is 25.2 Å². The first-order valence-electron chi connectivity index (χ1n) is 10.6. The Kier molecular flexibility index (Phi) is 7.83. The normalized spacial score (nSPS) is 14.1. The Bertz CT molecular complexity index is 931. The van der Waals surface area contributed by atoms with Crippen molar-refractivity contribution in [2.45, 2.75) is 37.8 Å². The average molecular weight is 440 g/mol. The number of methoxy groups -OCH3 is 1. The highest BCUT2D eigenvalue weighted by atomic mass is 16.5. The van der Waals surface area contributed by atoms with Gasteiger partial charge in [-0.25, -0.2) is 9.59 Å². The Morgan fingerprint density at radius 1 is 1.00 bits per heavy atom. The highest BCUT2D eigenvalue weighted by Crippen LogP contribution is 2.44. The number of nitrogens with one attached hydrogen (secondary N) is 2. The molecule has 0 bridgehead atoms. The van der Waals surface area contributed by atoms with Crippen molar-refractivity contribution in [3.8, 4) is 11.1 Å². The van der Waals surface area contributed by atoms with E-state index >= 15 is 0 Å². The highest BCUT2D eigenvalue weighted by Gasteiger charge is 2.29. The van der Waals surface area contributed by atoms with E-state index in [0.29, 0.717) is 6.42 Å². The van der Waals surface area contributed by atoms with Crippen molar-refractivity contribution in [3.05, 3.63) is 59.7 Å². The van der Waals surface area contributed by atoms with Crippen molar-refractivity contribution < 1.29 is 29.0 Å². The fraction of sp³-hybridized carbons (Fsp3) is 0.375. The second kappa shape index (κ2) is 10.8. The number of fused-ring (bicyclic) bond motifs is 3. The SMILES string of the molecule is CC[C@@H](CC(=O)N[C@@H](COC)C(=O)O)NC(=O)OCC1c2ccccc2-c2ccccc21. The summed E-state index contributed by atoms with van der Waals surface area (Å²) in [6.07, 6.45) is -0.188. The average Bonchev–Trinajstić information content (AvgIpc) is 3.10. The zero-order valence-electron chi connectivity index (χ0n) is 18.2. The van der Waals surface area contributed by atoms with E-state index in [4.69, 9.17) is 14.6 Å². The summed E-state index contributed by atoms with van der Waals surface area (Å²) in [6.45, 7) is 1.86. The van der Waals surface area contributed by atoms with Crippen LogP contribution in [0.1, 0.15) is 36.8 Å². The zero-order chi connectivity index (χ0) is 23.1. The molecule has 2 atom stereocenters. The second-order valence-corrected chi connectivity index (χ2v) is 7.69. The van der Waals surface area contributed by atoms with Crippen LogP contribution >= 0.6 is 0 Å². The molecule has 2 aromatic carbocycles. The number of alkyl carbamates (subject to hydrolysis) is 1. The molecule has 0 spiro atoms. The van der Waals surface area contributed by atoms with Crippen LogP contribution in [-0.2, 0) is 19.1 Å². The smallest absolute Gasteiger partial charge is 0.407 e. The van der Waals surface area contributed by atoms with Gasteiger partial charge in [0.25, 0.3) is 0 Å². The molecule has 0 aliphatic heterocycles. The van der Waals surface area contributed by atoms with Gasteiger partial charge in [0.2, 0.25) is 5.91 Å². The molecule has 0 radical (unpaired) electrons. The Balaban J connectivity index is 1.56. The number of ether oxygens (including phenoxy) is 2. The Hall–Kier alpha value is -3.39. The second-order valence-electron chi connectivity index (χ2n) is 7.69. The van der Waals surface area contributed by atoms with E-state index in [2.05, 4.69) is 22.8 Å². The van der Waals surface area contributed by atoms with Gasteiger partial charge in [-0.05, 0) is 28.7 Å². The molecule has 1 aliphatic rings. The molecular formula is C24H28N2O6. The van der Waals surface area contributed by atoms with Gasteiger partial charge in [0.1, 0.15) is 6.61 Å². The number of carboxylic acids is 1. The summed E-state index contributed by atoms with van der Waals surface area (Å²) in [5, 5.41) is 14.2. The van der Waals surface area contributed by atoms with E-state index in [1.54, 1.807) is 0 Å². The largest absolute Gasteiger partial charge is 0.480 e. The van der Waals surface area contributed by atoms with Crippen LogP contribution in [0.2, 0.25) is 0 Å². The maximum Gasteiger partial charge on any atom is 0.407 e. The molecular weight excluding hydrogens is 412 g/mol. The lowest BCUT2D eigenvalue weighted by molar-refractivity contribution is -0.143. The summed E-state index contributed by atoms with van der Waals surface area (Å²) >= 11 is 0. The fourth-order valence-corrected chi connectivity index (χ4v) is 3.92. The van der Waals surface area contributed by atoms with E-state index < -0.39 is 30.1 Å². The highest BCUT2D eigenvalue weighted by molar-refractivity contribution is 5.84. The molecule has 0 unspecified atom stereocenters. The van der Waals surface area contributed by atoms with Gasteiger partial charge in [0.15, 0.2) is 6.04 Å². The molecule has 3 rings (SSSR count). The number of carboxylic acid groups (broad SMARTS) is 1. The van der Waals surface area contributed by atoms with Gasteiger partial charge in [0.05, 0.1) is 6.61 Å². The van der Waals surface area contributed by atoms with Crippen LogP contribution in [0.5, 0.6) is 0 Å². The Morgan fingerprint density at radius 2 is 1.59 bits per heavy atom. The van der Waals surface area contributed by atoms with Crippen molar-refractivity contribution in [2.24, 2.45) is 0 Å². The summed E-state index contributed by atoms with van der Waals surface area (Å²) < 4.78 is 10.3. The monoisotopic (exact) mass is 440 g/mol. The molecule has 0 saturated heterocycles. The number of carbonyl (C=O) groups excluding carboxylic acids is 2. The molecule has 8 nitrogen and oxygen atoms in total. The van der Waals surface area contributed by atoms with Crippen LogP contribution in [0.4, 0.5) is 4.79 Å². The first-order chi connectivity index (χ1) is 15.4. The fourth-order valence-electron chi connectivity index (χ4n) is 3.92. The maximum atomic E-state index is 12.4. The summed E-state index contributed by atoms with van der Waals surface area (Å²) in [4.78, 5) is 35.8. The van der Waals surface area contributed by atoms with Gasteiger partial charge in [0, 0.05) is 25.5 Å².